The van der Waals surface area contributed by atoms with Crippen molar-refractivity contribution in [3.8, 4) is 0 Å². The Morgan fingerprint density at radius 2 is 0.977 bits per heavy atom. The van der Waals surface area contributed by atoms with E-state index in [2.05, 4.69) is 39.9 Å². The Morgan fingerprint density at radius 3 is 1.40 bits per heavy atom. The lowest BCUT2D eigenvalue weighted by Gasteiger charge is -2.16. The third-order valence-electron chi connectivity index (χ3n) is 11.9. The molecule has 0 spiro atoms. The zero-order chi connectivity index (χ0) is 66.7. The van der Waals surface area contributed by atoms with Gasteiger partial charge >= 0.3 is 34.8 Å². The molecule has 4 fully saturated rings. The van der Waals surface area contributed by atoms with Gasteiger partial charge in [-0.25, -0.2) is 43.2 Å². The molecule has 494 valence electrons. The third-order valence-corrected chi connectivity index (χ3v) is 11.9. The molecule has 6 aromatic heterocycles. The number of nitrogens with two attached hydrogens (primary N) is 3. The monoisotopic (exact) mass is 1330 g/mol. The number of aryl methyl sites for hydroxylation is 1. The van der Waals surface area contributed by atoms with Gasteiger partial charge in [-0.1, -0.05) is 0 Å². The molecule has 0 amide bonds. The minimum Gasteiger partial charge on any atom is -0.394 e. The van der Waals surface area contributed by atoms with Gasteiger partial charge in [-0.15, -0.1) is 0 Å². The first-order valence-electron chi connectivity index (χ1n) is 24.2. The highest BCUT2D eigenvalue weighted by atomic mass is 31.2. The zero-order valence-electron chi connectivity index (χ0n) is 44.6. The number of hydrogen-bond donors (Lipinski definition) is 25. The predicted molar refractivity (Wildman–Crippen MR) is 285 cm³/mol. The van der Waals surface area contributed by atoms with Gasteiger partial charge < -0.3 is 136 Å². The SMILES string of the molecule is Cc1cn([C@H]2C[C@H](O)[C@@H](CO)O2)c(=O)[nH]c1=O.Nc1ccn([C@@H]2O[C@H](CO)[C@@H](O)[C@H]2O)c(=O)n1.Nc1nc2c(ncn2[C@@H]2O[C@H](CO)[C@@H](O)[C@H]2O)c(=O)[nH]1.Nc1ncnc2c1ncn2[C@@H]1O[C@H](CO)[C@@H](O)[C@H]1O.O=P(O)(O)O.O=P(O)(O)O.O=P(O)(O)O. The molecule has 10 rings (SSSR count). The summed E-state index contributed by atoms with van der Waals surface area (Å²) < 4.78 is 52.9. The van der Waals surface area contributed by atoms with Crippen LogP contribution in [0.3, 0.4) is 0 Å². The summed E-state index contributed by atoms with van der Waals surface area (Å²) in [4.78, 5) is 138. The van der Waals surface area contributed by atoms with Gasteiger partial charge in [-0.3, -0.25) is 37.8 Å². The number of rotatable bonds is 8. The Labute approximate surface area is 487 Å². The van der Waals surface area contributed by atoms with E-state index in [1.165, 1.54) is 51.1 Å². The summed E-state index contributed by atoms with van der Waals surface area (Å²) in [5, 5.41) is 104. The molecule has 4 saturated heterocycles. The number of nitrogen functional groups attached to an aromatic ring is 3. The topological polar surface area (TPSA) is 768 Å². The molecule has 28 N–H and O–H groups in total. The summed E-state index contributed by atoms with van der Waals surface area (Å²) in [7, 11) is -13.9. The van der Waals surface area contributed by atoms with Crippen molar-refractivity contribution < 1.29 is 133 Å². The highest BCUT2D eigenvalue weighted by Gasteiger charge is 2.46. The molecule has 49 heteroatoms. The Hall–Kier alpha value is -6.41. The Kier molecular flexibility index (Phi) is 26.4. The second-order valence-electron chi connectivity index (χ2n) is 18.2. The normalized spacial score (nSPS) is 27.4. The fourth-order valence-electron chi connectivity index (χ4n) is 7.98. The first kappa shape index (κ1) is 74.1. The number of phosphoric acid groups is 3. The van der Waals surface area contributed by atoms with Crippen LogP contribution in [0.4, 0.5) is 17.6 Å². The number of aliphatic hydroxyl groups excluding tert-OH is 11. The van der Waals surface area contributed by atoms with E-state index >= 15 is 0 Å². The quantitative estimate of drug-likeness (QED) is 0.0629. The minimum atomic E-state index is -4.64. The molecule has 4 aliphatic heterocycles. The van der Waals surface area contributed by atoms with Gasteiger partial charge in [0.25, 0.3) is 11.1 Å². The largest absolute Gasteiger partial charge is 0.466 e. The molecule has 0 aromatic carbocycles. The number of H-pyrrole nitrogens is 2. The van der Waals surface area contributed by atoms with Crippen molar-refractivity contribution in [1.29, 1.82) is 0 Å². The van der Waals surface area contributed by atoms with E-state index in [1.807, 2.05) is 0 Å². The number of aromatic amines is 2. The summed E-state index contributed by atoms with van der Waals surface area (Å²) in [6, 6.07) is 1.37. The number of nitrogens with zero attached hydrogens (tertiary/aromatic N) is 10. The number of ether oxygens (including phenoxy) is 4. The van der Waals surface area contributed by atoms with Crippen LogP contribution >= 0.6 is 23.5 Å². The van der Waals surface area contributed by atoms with Gasteiger partial charge in [0, 0.05) is 24.4 Å². The lowest BCUT2D eigenvalue weighted by Crippen LogP contribution is -2.36. The summed E-state index contributed by atoms with van der Waals surface area (Å²) >= 11 is 0. The van der Waals surface area contributed by atoms with Crippen LogP contribution in [-0.4, -0.2) is 252 Å². The summed E-state index contributed by atoms with van der Waals surface area (Å²) in [6.07, 6.45) is -8.48. The highest BCUT2D eigenvalue weighted by Crippen LogP contribution is 2.34. The smallest absolute Gasteiger partial charge is 0.394 e. The fourth-order valence-corrected chi connectivity index (χ4v) is 7.98. The van der Waals surface area contributed by atoms with Crippen LogP contribution in [0.5, 0.6) is 0 Å². The summed E-state index contributed by atoms with van der Waals surface area (Å²) in [5.41, 5.74) is 15.5. The molecular weight excluding hydrogens is 1270 g/mol. The van der Waals surface area contributed by atoms with Crippen LogP contribution in [0.2, 0.25) is 0 Å². The van der Waals surface area contributed by atoms with E-state index in [1.54, 1.807) is 6.92 Å². The molecule has 0 aliphatic carbocycles. The summed E-state index contributed by atoms with van der Waals surface area (Å²) in [5.74, 6) is 0.171. The molecule has 10 heterocycles. The van der Waals surface area contributed by atoms with E-state index in [-0.39, 0.29) is 41.8 Å². The first-order valence-corrected chi connectivity index (χ1v) is 28.9. The molecule has 15 atom stereocenters. The molecule has 46 nitrogen and oxygen atoms in total. The van der Waals surface area contributed by atoms with Crippen LogP contribution in [-0.2, 0) is 32.6 Å². The minimum absolute atomic E-state index is 0.0388. The lowest BCUT2D eigenvalue weighted by atomic mass is 10.1. The van der Waals surface area contributed by atoms with Crippen molar-refractivity contribution in [1.82, 2.24) is 58.1 Å². The van der Waals surface area contributed by atoms with Crippen LogP contribution < -0.4 is 39.7 Å². The van der Waals surface area contributed by atoms with Crippen LogP contribution in [0.25, 0.3) is 22.3 Å². The van der Waals surface area contributed by atoms with E-state index in [4.69, 9.17) is 114 Å². The van der Waals surface area contributed by atoms with Crippen molar-refractivity contribution in [2.45, 2.75) is 105 Å². The molecule has 6 aromatic rings. The Morgan fingerprint density at radius 1 is 0.545 bits per heavy atom. The third kappa shape index (κ3) is 20.6. The molecule has 4 aliphatic rings. The average molecular weight is 1330 g/mol. The number of nitrogens with one attached hydrogen (secondary N) is 2. The predicted octanol–water partition coefficient (Wildman–Crippen LogP) is -11.5. The van der Waals surface area contributed by atoms with E-state index < -0.39 is 158 Å². The van der Waals surface area contributed by atoms with E-state index in [0.29, 0.717) is 16.7 Å². The summed E-state index contributed by atoms with van der Waals surface area (Å²) in [6.45, 7) is -0.0275. The second kappa shape index (κ2) is 31.4. The first-order chi connectivity index (χ1) is 40.7. The molecule has 0 bridgehead atoms. The molecule has 0 unspecified atom stereocenters. The van der Waals surface area contributed by atoms with Gasteiger partial charge in [0.2, 0.25) is 5.95 Å². The maximum absolute atomic E-state index is 11.7. The molecule has 0 saturated carbocycles. The molecule has 88 heavy (non-hydrogen) atoms. The number of aliphatic hydroxyl groups is 11. The van der Waals surface area contributed by atoms with Crippen molar-refractivity contribution in [3.63, 3.8) is 0 Å². The van der Waals surface area contributed by atoms with Gasteiger partial charge in [0.05, 0.1) is 45.2 Å². The van der Waals surface area contributed by atoms with Crippen LogP contribution in [0, 0.1) is 6.92 Å². The van der Waals surface area contributed by atoms with E-state index in [0.717, 1.165) is 4.57 Å². The number of hydrogen-bond acceptors (Lipinski definition) is 31. The van der Waals surface area contributed by atoms with Crippen LogP contribution in [0.1, 0.15) is 36.9 Å². The number of imidazole rings is 2. The van der Waals surface area contributed by atoms with Crippen molar-refractivity contribution >= 4 is 63.4 Å². The Bertz CT molecular complexity index is 3580. The number of fused-ring (bicyclic) bond motifs is 2. The van der Waals surface area contributed by atoms with Crippen molar-refractivity contribution in [2.24, 2.45) is 0 Å². The molecular formula is C39H62N15O31P3. The number of anilines is 3. The van der Waals surface area contributed by atoms with Gasteiger partial charge in [-0.05, 0) is 13.0 Å². The van der Waals surface area contributed by atoms with Gasteiger partial charge in [-0.2, -0.15) is 9.97 Å². The van der Waals surface area contributed by atoms with Crippen LogP contribution in [0.15, 0.2) is 56.6 Å². The standard InChI is InChI=1S/C10H13N5O5.C10H13N5O4.C10H14N2O5.C9H13N3O5.3H3O4P/c11-10-13-7-4(8(19)14-10)12-2-15(7)9-6(18)5(17)3(1-16)20-9;11-8-5-9(13-2-12-8)15(3-14-5)10-7(18)6(17)4(1-16)19-10;1-5-3-12(10(16)11-9(5)15)8-2-6(14)7(4-13)17-8;10-5-1-2-12(9(16)11-5)8-7(15)6(14)4(3-13)17-8;3*1-5(2,3)4/h2-3,5-6,9,16-18H,1H2,(H3,11,13,14,19);2-4,6-7,10,16-18H,1H2,(H2,11,12,13);3,6-8,13-14H,2,4H2,1H3,(H,11,15,16);1-2,4,6-8,13-15H,3H2,(H2,10,11,16);3*(H3,1,2,3,4)/t3-,5-,6-,9-;4-,6-,7-,10-;6-,7+,8+;4-,6-,7-,8-;;;/m1101.../s1. The fraction of sp³-hybridized carbons (Fsp3) is 0.538. The second-order valence-corrected chi connectivity index (χ2v) is 21.3. The maximum atomic E-state index is 11.7. The molecule has 0 radical (unpaired) electrons. The van der Waals surface area contributed by atoms with Crippen molar-refractivity contribution in [3.05, 3.63) is 84.7 Å². The zero-order valence-corrected chi connectivity index (χ0v) is 47.3. The van der Waals surface area contributed by atoms with E-state index in [9.17, 15) is 54.9 Å². The Balaban J connectivity index is 0.000000233. The van der Waals surface area contributed by atoms with Crippen molar-refractivity contribution in [2.75, 3.05) is 43.6 Å². The maximum Gasteiger partial charge on any atom is 0.466 e. The van der Waals surface area contributed by atoms with Gasteiger partial charge in [0.15, 0.2) is 41.3 Å². The average Bonchev–Trinajstić information content (AvgIpc) is 1.68. The lowest BCUT2D eigenvalue weighted by molar-refractivity contribution is -0.0549. The van der Waals surface area contributed by atoms with Gasteiger partial charge in [0.1, 0.15) is 84.9 Å². The number of aromatic nitrogens is 12. The highest BCUT2D eigenvalue weighted by molar-refractivity contribution is 7.45.